The fraction of sp³-hybridized carbons (Fsp3) is 0.250. The monoisotopic (exact) mass is 277 g/mol. The van der Waals surface area contributed by atoms with E-state index in [0.717, 1.165) is 31.5 Å². The van der Waals surface area contributed by atoms with Crippen LogP contribution in [-0.4, -0.2) is 6.54 Å². The van der Waals surface area contributed by atoms with Gasteiger partial charge in [-0.25, -0.2) is 4.39 Å². The topological polar surface area (TPSA) is 12.0 Å². The summed E-state index contributed by atoms with van der Waals surface area (Å²) in [5.74, 6) is -0.378. The van der Waals surface area contributed by atoms with Crippen LogP contribution < -0.4 is 5.32 Å². The molecular formula is C16H17ClFN. The Bertz CT molecular complexity index is 513. The van der Waals surface area contributed by atoms with E-state index in [0.29, 0.717) is 0 Å². The zero-order valence-corrected chi connectivity index (χ0v) is 11.5. The SMILES string of the molecule is Fc1ccc(NCCCCc2ccccc2)cc1Cl. The van der Waals surface area contributed by atoms with Gasteiger partial charge in [-0.2, -0.15) is 0 Å². The summed E-state index contributed by atoms with van der Waals surface area (Å²) in [6.07, 6.45) is 3.29. The number of rotatable bonds is 6. The van der Waals surface area contributed by atoms with E-state index in [-0.39, 0.29) is 10.8 Å². The lowest BCUT2D eigenvalue weighted by Crippen LogP contribution is -2.02. The highest BCUT2D eigenvalue weighted by Gasteiger charge is 2.00. The van der Waals surface area contributed by atoms with E-state index >= 15 is 0 Å². The Morgan fingerprint density at radius 2 is 1.79 bits per heavy atom. The molecule has 2 aromatic rings. The molecule has 0 bridgehead atoms. The second kappa shape index (κ2) is 7.15. The van der Waals surface area contributed by atoms with Gasteiger partial charge in [0.1, 0.15) is 5.82 Å². The van der Waals surface area contributed by atoms with Gasteiger partial charge in [0.2, 0.25) is 0 Å². The predicted molar refractivity (Wildman–Crippen MR) is 79.3 cm³/mol. The third kappa shape index (κ3) is 4.56. The summed E-state index contributed by atoms with van der Waals surface area (Å²) in [7, 11) is 0. The lowest BCUT2D eigenvalue weighted by atomic mass is 10.1. The molecule has 0 aliphatic heterocycles. The molecule has 19 heavy (non-hydrogen) atoms. The zero-order valence-electron chi connectivity index (χ0n) is 10.7. The molecule has 0 unspecified atom stereocenters. The minimum Gasteiger partial charge on any atom is -0.385 e. The van der Waals surface area contributed by atoms with E-state index in [1.54, 1.807) is 12.1 Å². The number of unbranched alkanes of at least 4 members (excludes halogenated alkanes) is 1. The molecule has 0 atom stereocenters. The number of hydrogen-bond donors (Lipinski definition) is 1. The van der Waals surface area contributed by atoms with Crippen LogP contribution in [0, 0.1) is 5.82 Å². The van der Waals surface area contributed by atoms with Gasteiger partial charge < -0.3 is 5.32 Å². The van der Waals surface area contributed by atoms with E-state index in [2.05, 4.69) is 29.6 Å². The van der Waals surface area contributed by atoms with Gasteiger partial charge in [0.15, 0.2) is 0 Å². The van der Waals surface area contributed by atoms with Gasteiger partial charge >= 0.3 is 0 Å². The third-order valence-electron chi connectivity index (χ3n) is 2.98. The predicted octanol–water partition coefficient (Wildman–Crippen LogP) is 4.91. The molecule has 2 rings (SSSR count). The highest BCUT2D eigenvalue weighted by Crippen LogP contribution is 2.19. The summed E-state index contributed by atoms with van der Waals surface area (Å²) in [5, 5.41) is 3.41. The first-order chi connectivity index (χ1) is 9.25. The molecule has 0 saturated heterocycles. The summed E-state index contributed by atoms with van der Waals surface area (Å²) in [6, 6.07) is 15.2. The van der Waals surface area contributed by atoms with Crippen molar-refractivity contribution < 1.29 is 4.39 Å². The van der Waals surface area contributed by atoms with Gasteiger partial charge in [-0.1, -0.05) is 41.9 Å². The van der Waals surface area contributed by atoms with Crippen LogP contribution in [0.25, 0.3) is 0 Å². The normalized spacial score (nSPS) is 10.4. The highest BCUT2D eigenvalue weighted by atomic mass is 35.5. The van der Waals surface area contributed by atoms with Crippen molar-refractivity contribution in [3.63, 3.8) is 0 Å². The first kappa shape index (κ1) is 13.9. The fourth-order valence-corrected chi connectivity index (χ4v) is 2.12. The summed E-state index contributed by atoms with van der Waals surface area (Å²) in [6.45, 7) is 0.870. The Hall–Kier alpha value is -1.54. The first-order valence-corrected chi connectivity index (χ1v) is 6.86. The summed E-state index contributed by atoms with van der Waals surface area (Å²) < 4.78 is 13.0. The van der Waals surface area contributed by atoms with Gasteiger partial charge in [-0.05, 0) is 43.0 Å². The minimum atomic E-state index is -0.378. The van der Waals surface area contributed by atoms with Crippen molar-refractivity contribution in [1.82, 2.24) is 0 Å². The molecule has 0 aliphatic rings. The Kier molecular flexibility index (Phi) is 5.22. The number of hydrogen-bond acceptors (Lipinski definition) is 1. The first-order valence-electron chi connectivity index (χ1n) is 6.48. The number of aryl methyl sites for hydroxylation is 1. The molecule has 0 radical (unpaired) electrons. The van der Waals surface area contributed by atoms with Crippen molar-refractivity contribution in [2.75, 3.05) is 11.9 Å². The number of halogens is 2. The van der Waals surface area contributed by atoms with Crippen LogP contribution in [0.1, 0.15) is 18.4 Å². The maximum absolute atomic E-state index is 13.0. The van der Waals surface area contributed by atoms with Crippen LogP contribution in [-0.2, 0) is 6.42 Å². The number of nitrogens with one attached hydrogen (secondary N) is 1. The molecule has 0 fully saturated rings. The van der Waals surface area contributed by atoms with Crippen LogP contribution in [0.2, 0.25) is 5.02 Å². The molecule has 100 valence electrons. The Labute approximate surface area is 118 Å². The van der Waals surface area contributed by atoms with E-state index in [4.69, 9.17) is 11.6 Å². The molecular weight excluding hydrogens is 261 g/mol. The zero-order chi connectivity index (χ0) is 13.5. The molecule has 2 aromatic carbocycles. The van der Waals surface area contributed by atoms with Crippen LogP contribution in [0.3, 0.4) is 0 Å². The largest absolute Gasteiger partial charge is 0.385 e. The molecule has 1 N–H and O–H groups in total. The van der Waals surface area contributed by atoms with Crippen LogP contribution in [0.4, 0.5) is 10.1 Å². The second-order valence-corrected chi connectivity index (χ2v) is 4.91. The lowest BCUT2D eigenvalue weighted by Gasteiger charge is -2.07. The fourth-order valence-electron chi connectivity index (χ4n) is 1.94. The van der Waals surface area contributed by atoms with Gasteiger partial charge in [0.05, 0.1) is 5.02 Å². The standard InChI is InChI=1S/C16H17ClFN/c17-15-12-14(9-10-16(15)18)19-11-5-4-8-13-6-2-1-3-7-13/h1-3,6-7,9-10,12,19H,4-5,8,11H2. The maximum atomic E-state index is 13.0. The van der Waals surface area contributed by atoms with Gasteiger partial charge in [0.25, 0.3) is 0 Å². The van der Waals surface area contributed by atoms with E-state index in [1.165, 1.54) is 11.6 Å². The van der Waals surface area contributed by atoms with Crippen LogP contribution in [0.15, 0.2) is 48.5 Å². The average molecular weight is 278 g/mol. The molecule has 0 amide bonds. The summed E-state index contributed by atoms with van der Waals surface area (Å²) in [5.41, 5.74) is 2.23. The van der Waals surface area contributed by atoms with Crippen molar-refractivity contribution >= 4 is 17.3 Å². The van der Waals surface area contributed by atoms with Gasteiger partial charge in [0, 0.05) is 12.2 Å². The Balaban J connectivity index is 1.68. The highest BCUT2D eigenvalue weighted by molar-refractivity contribution is 6.31. The van der Waals surface area contributed by atoms with Crippen molar-refractivity contribution in [3.05, 3.63) is 64.9 Å². The maximum Gasteiger partial charge on any atom is 0.141 e. The summed E-state index contributed by atoms with van der Waals surface area (Å²) in [4.78, 5) is 0. The molecule has 0 heterocycles. The molecule has 0 aromatic heterocycles. The third-order valence-corrected chi connectivity index (χ3v) is 3.27. The Morgan fingerprint density at radius 1 is 1.00 bits per heavy atom. The van der Waals surface area contributed by atoms with Crippen molar-refractivity contribution in [2.45, 2.75) is 19.3 Å². The van der Waals surface area contributed by atoms with Crippen LogP contribution >= 0.6 is 11.6 Å². The van der Waals surface area contributed by atoms with Crippen LogP contribution in [0.5, 0.6) is 0 Å². The molecule has 0 aliphatic carbocycles. The van der Waals surface area contributed by atoms with Gasteiger partial charge in [-0.15, -0.1) is 0 Å². The van der Waals surface area contributed by atoms with Gasteiger partial charge in [-0.3, -0.25) is 0 Å². The van der Waals surface area contributed by atoms with E-state index in [1.807, 2.05) is 6.07 Å². The number of anilines is 1. The second-order valence-electron chi connectivity index (χ2n) is 4.50. The quantitative estimate of drug-likeness (QED) is 0.740. The number of benzene rings is 2. The molecule has 1 nitrogen and oxygen atoms in total. The molecule has 0 spiro atoms. The van der Waals surface area contributed by atoms with Crippen molar-refractivity contribution in [1.29, 1.82) is 0 Å². The Morgan fingerprint density at radius 3 is 2.53 bits per heavy atom. The van der Waals surface area contributed by atoms with Crippen molar-refractivity contribution in [2.24, 2.45) is 0 Å². The molecule has 0 saturated carbocycles. The van der Waals surface area contributed by atoms with E-state index < -0.39 is 0 Å². The smallest absolute Gasteiger partial charge is 0.141 e. The minimum absolute atomic E-state index is 0.161. The average Bonchev–Trinajstić information content (AvgIpc) is 2.43. The molecule has 3 heteroatoms. The lowest BCUT2D eigenvalue weighted by molar-refractivity contribution is 0.628. The van der Waals surface area contributed by atoms with E-state index in [9.17, 15) is 4.39 Å². The van der Waals surface area contributed by atoms with Crippen molar-refractivity contribution in [3.8, 4) is 0 Å². The summed E-state index contributed by atoms with van der Waals surface area (Å²) >= 11 is 5.72.